The highest BCUT2D eigenvalue weighted by molar-refractivity contribution is 5.51. The molecule has 0 aliphatic rings. The summed E-state index contributed by atoms with van der Waals surface area (Å²) in [5.41, 5.74) is 3.28. The summed E-state index contributed by atoms with van der Waals surface area (Å²) in [6.45, 7) is 0.718. The van der Waals surface area contributed by atoms with Crippen LogP contribution in [0.1, 0.15) is 5.56 Å². The molecule has 0 unspecified atom stereocenters. The molecule has 0 saturated heterocycles. The van der Waals surface area contributed by atoms with Gasteiger partial charge >= 0.3 is 0 Å². The van der Waals surface area contributed by atoms with Crippen LogP contribution in [0.3, 0.4) is 0 Å². The highest BCUT2D eigenvalue weighted by Gasteiger charge is 1.98. The van der Waals surface area contributed by atoms with Crippen LogP contribution in [0.15, 0.2) is 67.5 Å². The lowest BCUT2D eigenvalue weighted by atomic mass is 10.2. The normalized spacial score (nSPS) is 10.3. The van der Waals surface area contributed by atoms with Crippen LogP contribution < -0.4 is 5.32 Å². The van der Waals surface area contributed by atoms with E-state index >= 15 is 0 Å². The minimum absolute atomic E-state index is 0.718. The molecule has 0 aliphatic heterocycles. The standard InChI is InChI=1S/C15H14N4/c1-2-7-19(6-1)15-5-3-4-14(8-15)18-11-13-9-16-12-17-10-13/h1-10,12,18H,11H2. The van der Waals surface area contributed by atoms with E-state index in [1.165, 1.54) is 6.33 Å². The fraction of sp³-hybridized carbons (Fsp3) is 0.0667. The van der Waals surface area contributed by atoms with E-state index in [0.29, 0.717) is 0 Å². The predicted octanol–water partition coefficient (Wildman–Crippen LogP) is 2.88. The molecule has 1 N–H and O–H groups in total. The molecule has 0 amide bonds. The van der Waals surface area contributed by atoms with Crippen LogP contribution in [-0.2, 0) is 6.54 Å². The molecule has 1 aromatic carbocycles. The van der Waals surface area contributed by atoms with E-state index in [-0.39, 0.29) is 0 Å². The van der Waals surface area contributed by atoms with E-state index in [4.69, 9.17) is 0 Å². The molecule has 0 saturated carbocycles. The zero-order chi connectivity index (χ0) is 12.9. The second-order valence-electron chi connectivity index (χ2n) is 4.24. The molecule has 94 valence electrons. The summed E-state index contributed by atoms with van der Waals surface area (Å²) in [6.07, 6.45) is 9.23. The molecular formula is C15H14N4. The van der Waals surface area contributed by atoms with Crippen LogP contribution in [0.25, 0.3) is 5.69 Å². The fourth-order valence-corrected chi connectivity index (χ4v) is 1.91. The Morgan fingerprint density at radius 3 is 2.58 bits per heavy atom. The van der Waals surface area contributed by atoms with Crippen LogP contribution in [0.4, 0.5) is 5.69 Å². The van der Waals surface area contributed by atoms with Gasteiger partial charge in [0.2, 0.25) is 0 Å². The minimum atomic E-state index is 0.718. The molecule has 3 rings (SSSR count). The SMILES string of the molecule is c1cc(NCc2cncnc2)cc(-n2cccc2)c1. The first-order valence-corrected chi connectivity index (χ1v) is 6.13. The molecule has 0 atom stereocenters. The van der Waals surface area contributed by atoms with Gasteiger partial charge in [0, 0.05) is 48.3 Å². The van der Waals surface area contributed by atoms with Crippen LogP contribution >= 0.6 is 0 Å². The lowest BCUT2D eigenvalue weighted by Gasteiger charge is -2.09. The maximum Gasteiger partial charge on any atom is 0.115 e. The highest BCUT2D eigenvalue weighted by Crippen LogP contribution is 2.15. The van der Waals surface area contributed by atoms with Crippen molar-refractivity contribution in [2.75, 3.05) is 5.32 Å². The molecule has 0 radical (unpaired) electrons. The summed E-state index contributed by atoms with van der Waals surface area (Å²) in [4.78, 5) is 8.00. The smallest absolute Gasteiger partial charge is 0.115 e. The number of benzene rings is 1. The second kappa shape index (κ2) is 5.35. The summed E-state index contributed by atoms with van der Waals surface area (Å²) in [5.74, 6) is 0. The third-order valence-electron chi connectivity index (χ3n) is 2.86. The van der Waals surface area contributed by atoms with Gasteiger partial charge < -0.3 is 9.88 Å². The van der Waals surface area contributed by atoms with Crippen LogP contribution in [0.5, 0.6) is 0 Å². The molecule has 0 bridgehead atoms. The maximum atomic E-state index is 4.00. The molecule has 4 heteroatoms. The lowest BCUT2D eigenvalue weighted by Crippen LogP contribution is -2.01. The van der Waals surface area contributed by atoms with Crippen molar-refractivity contribution in [1.82, 2.24) is 14.5 Å². The first kappa shape index (κ1) is 11.5. The van der Waals surface area contributed by atoms with Gasteiger partial charge in [-0.15, -0.1) is 0 Å². The zero-order valence-electron chi connectivity index (χ0n) is 10.4. The summed E-state index contributed by atoms with van der Waals surface area (Å²) in [7, 11) is 0. The summed E-state index contributed by atoms with van der Waals surface area (Å²) < 4.78 is 2.08. The minimum Gasteiger partial charge on any atom is -0.381 e. The predicted molar refractivity (Wildman–Crippen MR) is 75.1 cm³/mol. The lowest BCUT2D eigenvalue weighted by molar-refractivity contribution is 1.04. The Bertz CT molecular complexity index is 632. The van der Waals surface area contributed by atoms with E-state index in [2.05, 4.69) is 38.1 Å². The second-order valence-corrected chi connectivity index (χ2v) is 4.24. The van der Waals surface area contributed by atoms with Gasteiger partial charge in [-0.25, -0.2) is 9.97 Å². The van der Waals surface area contributed by atoms with Crippen molar-refractivity contribution in [3.8, 4) is 5.69 Å². The van der Waals surface area contributed by atoms with Gasteiger partial charge in [0.25, 0.3) is 0 Å². The van der Waals surface area contributed by atoms with E-state index < -0.39 is 0 Å². The molecule has 19 heavy (non-hydrogen) atoms. The molecule has 0 fully saturated rings. The Morgan fingerprint density at radius 1 is 1.00 bits per heavy atom. The fourth-order valence-electron chi connectivity index (χ4n) is 1.91. The first-order chi connectivity index (χ1) is 9.42. The van der Waals surface area contributed by atoms with Crippen molar-refractivity contribution in [3.63, 3.8) is 0 Å². The van der Waals surface area contributed by atoms with Crippen molar-refractivity contribution >= 4 is 5.69 Å². The zero-order valence-corrected chi connectivity index (χ0v) is 10.4. The van der Waals surface area contributed by atoms with E-state index in [1.807, 2.05) is 43.0 Å². The Kier molecular flexibility index (Phi) is 3.23. The number of aromatic nitrogens is 3. The Morgan fingerprint density at radius 2 is 1.79 bits per heavy atom. The molecule has 4 nitrogen and oxygen atoms in total. The molecule has 0 aliphatic carbocycles. The third-order valence-corrected chi connectivity index (χ3v) is 2.86. The van der Waals surface area contributed by atoms with Crippen molar-refractivity contribution in [2.24, 2.45) is 0 Å². The number of nitrogens with one attached hydrogen (secondary N) is 1. The average Bonchev–Trinajstić information content (AvgIpc) is 3.01. The topological polar surface area (TPSA) is 42.7 Å². The highest BCUT2D eigenvalue weighted by atomic mass is 14.9. The van der Waals surface area contributed by atoms with E-state index in [1.54, 1.807) is 0 Å². The van der Waals surface area contributed by atoms with Crippen molar-refractivity contribution in [1.29, 1.82) is 0 Å². The number of hydrogen-bond acceptors (Lipinski definition) is 3. The molecule has 3 aromatic rings. The van der Waals surface area contributed by atoms with Crippen LogP contribution in [0, 0.1) is 0 Å². The van der Waals surface area contributed by atoms with Crippen LogP contribution in [0.2, 0.25) is 0 Å². The summed E-state index contributed by atoms with van der Waals surface area (Å²) >= 11 is 0. The molecule has 2 heterocycles. The average molecular weight is 250 g/mol. The van der Waals surface area contributed by atoms with Gasteiger partial charge in [0.05, 0.1) is 0 Å². The quantitative estimate of drug-likeness (QED) is 0.774. The van der Waals surface area contributed by atoms with Crippen LogP contribution in [-0.4, -0.2) is 14.5 Å². The summed E-state index contributed by atoms with van der Waals surface area (Å²) in [5, 5.41) is 3.37. The number of hydrogen-bond donors (Lipinski definition) is 1. The van der Waals surface area contributed by atoms with Crippen molar-refractivity contribution < 1.29 is 0 Å². The molecular weight excluding hydrogens is 236 g/mol. The van der Waals surface area contributed by atoms with Gasteiger partial charge in [0.1, 0.15) is 6.33 Å². The van der Waals surface area contributed by atoms with Gasteiger partial charge in [-0.2, -0.15) is 0 Å². The molecule has 0 spiro atoms. The van der Waals surface area contributed by atoms with Gasteiger partial charge in [-0.05, 0) is 30.3 Å². The largest absolute Gasteiger partial charge is 0.381 e. The van der Waals surface area contributed by atoms with E-state index in [9.17, 15) is 0 Å². The van der Waals surface area contributed by atoms with E-state index in [0.717, 1.165) is 23.5 Å². The molecule has 2 aromatic heterocycles. The van der Waals surface area contributed by atoms with Gasteiger partial charge in [0.15, 0.2) is 0 Å². The maximum absolute atomic E-state index is 4.00. The van der Waals surface area contributed by atoms with Gasteiger partial charge in [-0.3, -0.25) is 0 Å². The Hall–Kier alpha value is -2.62. The van der Waals surface area contributed by atoms with Gasteiger partial charge in [-0.1, -0.05) is 6.07 Å². The Balaban J connectivity index is 1.74. The number of nitrogens with zero attached hydrogens (tertiary/aromatic N) is 3. The number of anilines is 1. The van der Waals surface area contributed by atoms with Crippen molar-refractivity contribution in [3.05, 3.63) is 73.1 Å². The number of rotatable bonds is 4. The first-order valence-electron chi connectivity index (χ1n) is 6.13. The summed E-state index contributed by atoms with van der Waals surface area (Å²) in [6, 6.07) is 12.3. The third kappa shape index (κ3) is 2.80. The van der Waals surface area contributed by atoms with Crippen molar-refractivity contribution in [2.45, 2.75) is 6.54 Å². The monoisotopic (exact) mass is 250 g/mol. The Labute approximate surface area is 111 Å².